The van der Waals surface area contributed by atoms with Gasteiger partial charge in [-0.2, -0.15) is 13.2 Å². The largest absolute Gasteiger partial charge is 0.478 e. The Morgan fingerprint density at radius 3 is 2.53 bits per heavy atom. The number of rotatable bonds is 3. The molecule has 1 heterocycles. The number of halogens is 3. The number of aromatic carboxylic acids is 1. The van der Waals surface area contributed by atoms with E-state index in [2.05, 4.69) is 0 Å². The van der Waals surface area contributed by atoms with Crippen LogP contribution >= 0.6 is 0 Å². The Bertz CT molecular complexity index is 501. The Morgan fingerprint density at radius 1 is 1.32 bits per heavy atom. The highest BCUT2D eigenvalue weighted by molar-refractivity contribution is 5.87. The Morgan fingerprint density at radius 2 is 1.95 bits per heavy atom. The SMILES string of the molecule is O=C(O)c1ccc2c(c1)CN(CC(O)C(F)(F)F)C2. The van der Waals surface area contributed by atoms with Crippen LogP contribution in [0.5, 0.6) is 0 Å². The van der Waals surface area contributed by atoms with E-state index in [4.69, 9.17) is 10.2 Å². The molecule has 0 fully saturated rings. The van der Waals surface area contributed by atoms with E-state index in [1.54, 1.807) is 6.07 Å². The van der Waals surface area contributed by atoms with E-state index >= 15 is 0 Å². The Labute approximate surface area is 107 Å². The number of benzene rings is 1. The van der Waals surface area contributed by atoms with Crippen LogP contribution < -0.4 is 0 Å². The third-order valence-electron chi connectivity index (χ3n) is 3.05. The average Bonchev–Trinajstić information content (AvgIpc) is 2.68. The van der Waals surface area contributed by atoms with Gasteiger partial charge in [-0.05, 0) is 23.3 Å². The number of carbonyl (C=O) groups is 1. The highest BCUT2D eigenvalue weighted by Crippen LogP contribution is 2.27. The van der Waals surface area contributed by atoms with Crippen molar-refractivity contribution < 1.29 is 28.2 Å². The molecule has 2 rings (SSSR count). The van der Waals surface area contributed by atoms with Crippen LogP contribution in [0.15, 0.2) is 18.2 Å². The number of aliphatic hydroxyl groups excluding tert-OH is 1. The molecule has 0 aromatic heterocycles. The van der Waals surface area contributed by atoms with Gasteiger partial charge in [0.15, 0.2) is 6.10 Å². The lowest BCUT2D eigenvalue weighted by Crippen LogP contribution is -2.38. The predicted octanol–water partition coefficient (Wildman–Crippen LogP) is 1.62. The molecular formula is C12H12F3NO3. The van der Waals surface area contributed by atoms with Crippen LogP contribution in [0.4, 0.5) is 13.2 Å². The van der Waals surface area contributed by atoms with Crippen LogP contribution in [0.1, 0.15) is 21.5 Å². The summed E-state index contributed by atoms with van der Waals surface area (Å²) in [7, 11) is 0. The third kappa shape index (κ3) is 3.05. The molecule has 2 N–H and O–H groups in total. The van der Waals surface area contributed by atoms with Gasteiger partial charge in [0, 0.05) is 19.6 Å². The van der Waals surface area contributed by atoms with Gasteiger partial charge in [0.25, 0.3) is 0 Å². The summed E-state index contributed by atoms with van der Waals surface area (Å²) in [5, 5.41) is 17.8. The molecule has 1 atom stereocenters. The lowest BCUT2D eigenvalue weighted by molar-refractivity contribution is -0.208. The zero-order valence-corrected chi connectivity index (χ0v) is 9.81. The van der Waals surface area contributed by atoms with Crippen LogP contribution in [0, 0.1) is 0 Å². The number of fused-ring (bicyclic) bond motifs is 1. The molecule has 104 valence electrons. The summed E-state index contributed by atoms with van der Waals surface area (Å²) in [5.41, 5.74) is 1.59. The fraction of sp³-hybridized carbons (Fsp3) is 0.417. The van der Waals surface area contributed by atoms with E-state index in [0.717, 1.165) is 5.56 Å². The number of hydrogen-bond acceptors (Lipinski definition) is 3. The molecule has 0 amide bonds. The number of alkyl halides is 3. The molecule has 19 heavy (non-hydrogen) atoms. The molecule has 0 bridgehead atoms. The van der Waals surface area contributed by atoms with Gasteiger partial charge < -0.3 is 10.2 Å². The van der Waals surface area contributed by atoms with Crippen LogP contribution in [-0.4, -0.2) is 39.9 Å². The third-order valence-corrected chi connectivity index (χ3v) is 3.05. The minimum absolute atomic E-state index is 0.108. The van der Waals surface area contributed by atoms with E-state index in [1.165, 1.54) is 17.0 Å². The maximum atomic E-state index is 12.2. The molecule has 0 saturated carbocycles. The van der Waals surface area contributed by atoms with Crippen molar-refractivity contribution in [1.82, 2.24) is 4.90 Å². The fourth-order valence-corrected chi connectivity index (χ4v) is 2.08. The van der Waals surface area contributed by atoms with E-state index in [0.29, 0.717) is 5.56 Å². The number of β-amino-alcohol motifs (C(OH)–C–C–N with tert-alkyl or cyclic N) is 1. The highest BCUT2D eigenvalue weighted by atomic mass is 19.4. The number of carboxylic acid groups (broad SMARTS) is 1. The molecule has 1 unspecified atom stereocenters. The Balaban J connectivity index is 2.06. The van der Waals surface area contributed by atoms with Crippen LogP contribution in [0.3, 0.4) is 0 Å². The zero-order chi connectivity index (χ0) is 14.2. The van der Waals surface area contributed by atoms with Crippen molar-refractivity contribution >= 4 is 5.97 Å². The van der Waals surface area contributed by atoms with Gasteiger partial charge in [0.05, 0.1) is 5.56 Å². The summed E-state index contributed by atoms with van der Waals surface area (Å²) in [6, 6.07) is 4.47. The van der Waals surface area contributed by atoms with E-state index < -0.39 is 24.8 Å². The summed E-state index contributed by atoms with van der Waals surface area (Å²) < 4.78 is 36.7. The predicted molar refractivity (Wildman–Crippen MR) is 59.6 cm³/mol. The molecule has 1 aromatic rings. The summed E-state index contributed by atoms with van der Waals surface area (Å²) in [6.45, 7) is -0.0213. The van der Waals surface area contributed by atoms with Gasteiger partial charge in [-0.15, -0.1) is 0 Å². The Kier molecular flexibility index (Phi) is 3.51. The summed E-state index contributed by atoms with van der Waals surface area (Å²) in [4.78, 5) is 12.2. The minimum Gasteiger partial charge on any atom is -0.478 e. The van der Waals surface area contributed by atoms with Crippen molar-refractivity contribution in [3.8, 4) is 0 Å². The van der Waals surface area contributed by atoms with Gasteiger partial charge in [-0.25, -0.2) is 4.79 Å². The van der Waals surface area contributed by atoms with Crippen molar-refractivity contribution in [3.63, 3.8) is 0 Å². The first-order valence-electron chi connectivity index (χ1n) is 5.59. The molecule has 0 radical (unpaired) electrons. The summed E-state index contributed by atoms with van der Waals surface area (Å²) >= 11 is 0. The van der Waals surface area contributed by atoms with Crippen LogP contribution in [-0.2, 0) is 13.1 Å². The second-order valence-corrected chi connectivity index (χ2v) is 4.52. The quantitative estimate of drug-likeness (QED) is 0.880. The second-order valence-electron chi connectivity index (χ2n) is 4.52. The maximum Gasteiger partial charge on any atom is 0.415 e. The van der Waals surface area contributed by atoms with Gasteiger partial charge in [-0.3, -0.25) is 4.90 Å². The molecule has 0 aliphatic carbocycles. The molecule has 1 aliphatic rings. The first-order chi connectivity index (χ1) is 8.77. The van der Waals surface area contributed by atoms with E-state index in [-0.39, 0.29) is 18.7 Å². The lowest BCUT2D eigenvalue weighted by Gasteiger charge is -2.21. The number of nitrogens with zero attached hydrogens (tertiary/aromatic N) is 1. The normalized spacial score (nSPS) is 17.3. The highest BCUT2D eigenvalue weighted by Gasteiger charge is 2.39. The minimum atomic E-state index is -4.64. The molecule has 0 spiro atoms. The Hall–Kier alpha value is -1.60. The van der Waals surface area contributed by atoms with Gasteiger partial charge in [-0.1, -0.05) is 6.07 Å². The van der Waals surface area contributed by atoms with Crippen molar-refractivity contribution in [2.45, 2.75) is 25.4 Å². The standard InChI is InChI=1S/C12H12F3NO3/c13-12(14,15)10(17)6-16-4-8-2-1-7(11(18)19)3-9(8)5-16/h1-3,10,17H,4-6H2,(H,18,19). The van der Waals surface area contributed by atoms with Crippen molar-refractivity contribution in [2.75, 3.05) is 6.54 Å². The van der Waals surface area contributed by atoms with Crippen molar-refractivity contribution in [3.05, 3.63) is 34.9 Å². The second kappa shape index (κ2) is 4.82. The summed E-state index contributed by atoms with van der Waals surface area (Å²) in [5.74, 6) is -1.07. The maximum absolute atomic E-state index is 12.2. The molecule has 1 aliphatic heterocycles. The monoisotopic (exact) mass is 275 g/mol. The zero-order valence-electron chi connectivity index (χ0n) is 9.81. The molecule has 1 aromatic carbocycles. The number of carboxylic acids is 1. The smallest absolute Gasteiger partial charge is 0.415 e. The molecule has 7 heteroatoms. The van der Waals surface area contributed by atoms with E-state index in [9.17, 15) is 18.0 Å². The summed E-state index contributed by atoms with van der Waals surface area (Å²) in [6.07, 6.45) is -7.03. The number of hydrogen-bond donors (Lipinski definition) is 2. The van der Waals surface area contributed by atoms with Crippen molar-refractivity contribution in [2.24, 2.45) is 0 Å². The first kappa shape index (κ1) is 13.8. The van der Waals surface area contributed by atoms with Crippen LogP contribution in [0.25, 0.3) is 0 Å². The molecule has 4 nitrogen and oxygen atoms in total. The molecule has 0 saturated heterocycles. The average molecular weight is 275 g/mol. The topological polar surface area (TPSA) is 60.8 Å². The van der Waals surface area contributed by atoms with Crippen LogP contribution in [0.2, 0.25) is 0 Å². The first-order valence-corrected chi connectivity index (χ1v) is 5.59. The van der Waals surface area contributed by atoms with Gasteiger partial charge in [0.2, 0.25) is 0 Å². The van der Waals surface area contributed by atoms with Crippen molar-refractivity contribution in [1.29, 1.82) is 0 Å². The number of aliphatic hydroxyl groups is 1. The lowest BCUT2D eigenvalue weighted by atomic mass is 10.1. The van der Waals surface area contributed by atoms with E-state index in [1.807, 2.05) is 0 Å². The van der Waals surface area contributed by atoms with Gasteiger partial charge in [0.1, 0.15) is 0 Å². The van der Waals surface area contributed by atoms with Gasteiger partial charge >= 0.3 is 12.1 Å². The fourth-order valence-electron chi connectivity index (χ4n) is 2.08. The molecular weight excluding hydrogens is 263 g/mol.